The van der Waals surface area contributed by atoms with Crippen LogP contribution in [0.1, 0.15) is 49.3 Å². The van der Waals surface area contributed by atoms with Crippen LogP contribution in [-0.2, 0) is 0 Å². The molecule has 2 aliphatic heterocycles. The Kier molecular flexibility index (Phi) is 4.43. The number of carbonyl (C=O) groups excluding carboxylic acids is 1. The molecule has 0 radical (unpaired) electrons. The summed E-state index contributed by atoms with van der Waals surface area (Å²) in [5.41, 5.74) is 2.73. The molecule has 4 heterocycles. The van der Waals surface area contributed by atoms with E-state index in [1.807, 2.05) is 29.2 Å². The number of rotatable bonds is 3. The van der Waals surface area contributed by atoms with Gasteiger partial charge in [-0.3, -0.25) is 9.78 Å². The molecule has 146 valence electrons. The quantitative estimate of drug-likeness (QED) is 0.757. The Morgan fingerprint density at radius 2 is 1.79 bits per heavy atom. The van der Waals surface area contributed by atoms with Crippen molar-refractivity contribution in [2.45, 2.75) is 31.6 Å². The van der Waals surface area contributed by atoms with E-state index in [9.17, 15) is 4.79 Å². The number of imidazole rings is 1. The maximum atomic E-state index is 12.8. The first-order valence-electron chi connectivity index (χ1n) is 10.1. The van der Waals surface area contributed by atoms with Crippen molar-refractivity contribution in [2.75, 3.05) is 31.1 Å². The molecule has 7 nitrogen and oxygen atoms in total. The third-order valence-corrected chi connectivity index (χ3v) is 5.76. The Hall–Kier alpha value is -2.96. The number of amides is 1. The predicted molar refractivity (Wildman–Crippen MR) is 110 cm³/mol. The van der Waals surface area contributed by atoms with E-state index in [0.717, 1.165) is 35.6 Å². The van der Waals surface area contributed by atoms with Gasteiger partial charge in [0.2, 0.25) is 0 Å². The van der Waals surface area contributed by atoms with Crippen molar-refractivity contribution >= 4 is 22.8 Å². The summed E-state index contributed by atoms with van der Waals surface area (Å²) in [6, 6.07) is 7.71. The second-order valence-electron chi connectivity index (χ2n) is 7.68. The number of nitrogens with one attached hydrogen (secondary N) is 1. The molecule has 2 saturated heterocycles. The van der Waals surface area contributed by atoms with Crippen molar-refractivity contribution in [3.8, 4) is 0 Å². The van der Waals surface area contributed by atoms with Crippen molar-refractivity contribution in [1.82, 2.24) is 24.8 Å². The van der Waals surface area contributed by atoms with Crippen LogP contribution < -0.4 is 4.90 Å². The first-order valence-corrected chi connectivity index (χ1v) is 10.1. The first kappa shape index (κ1) is 17.2. The molecule has 3 aromatic rings. The Balaban J connectivity index is 0.00000205. The summed E-state index contributed by atoms with van der Waals surface area (Å²) in [5, 5.41) is 0. The van der Waals surface area contributed by atoms with Crippen LogP contribution in [0.2, 0.25) is 0 Å². The fourth-order valence-electron chi connectivity index (χ4n) is 4.18. The maximum Gasteiger partial charge on any atom is 0.289 e. The molecular weight excluding hydrogens is 352 g/mol. The highest BCUT2D eigenvalue weighted by molar-refractivity contribution is 5.94. The molecule has 7 heteroatoms. The average molecular weight is 378 g/mol. The summed E-state index contributed by atoms with van der Waals surface area (Å²) in [6.45, 7) is 3.41. The minimum Gasteiger partial charge on any atom is -0.355 e. The topological polar surface area (TPSA) is 78.0 Å². The van der Waals surface area contributed by atoms with Gasteiger partial charge < -0.3 is 14.8 Å². The zero-order chi connectivity index (χ0) is 18.9. The molecule has 2 aromatic heterocycles. The number of hydrogen-bond acceptors (Lipinski definition) is 5. The number of aromatic nitrogens is 4. The van der Waals surface area contributed by atoms with Gasteiger partial charge in [0.1, 0.15) is 0 Å². The minimum absolute atomic E-state index is 0. The van der Waals surface area contributed by atoms with E-state index in [2.05, 4.69) is 24.8 Å². The molecule has 28 heavy (non-hydrogen) atoms. The number of likely N-dealkylation sites (tertiary alicyclic amines) is 1. The molecule has 0 atom stereocenters. The molecule has 1 amide bonds. The molecule has 0 bridgehead atoms. The summed E-state index contributed by atoms with van der Waals surface area (Å²) in [4.78, 5) is 33.9. The van der Waals surface area contributed by atoms with Gasteiger partial charge in [-0.25, -0.2) is 9.97 Å². The molecule has 0 spiro atoms. The van der Waals surface area contributed by atoms with E-state index < -0.39 is 0 Å². The smallest absolute Gasteiger partial charge is 0.289 e. The van der Waals surface area contributed by atoms with Gasteiger partial charge in [-0.2, -0.15) is 0 Å². The molecule has 0 unspecified atom stereocenters. The van der Waals surface area contributed by atoms with Gasteiger partial charge in [-0.15, -0.1) is 0 Å². The van der Waals surface area contributed by atoms with Crippen LogP contribution in [-0.4, -0.2) is 56.9 Å². The molecular formula is C21H26N6O. The molecule has 0 saturated carbocycles. The summed E-state index contributed by atoms with van der Waals surface area (Å²) < 4.78 is 0. The zero-order valence-electron chi connectivity index (χ0n) is 15.8. The maximum absolute atomic E-state index is 12.8. The molecule has 5 rings (SSSR count). The standard InChI is InChI=1S/C21H24N6O.H2/c28-21(19-24-16-7-3-4-8-17(16)25-19)27-13-15(14-27)18-20(23-10-9-22-18)26-11-5-1-2-6-12-26;/h3-4,7-10,15H,1-2,5-6,11-14H2,(H,24,25);1H. The zero-order valence-corrected chi connectivity index (χ0v) is 15.8. The summed E-state index contributed by atoms with van der Waals surface area (Å²) in [6.07, 6.45) is 8.53. The summed E-state index contributed by atoms with van der Waals surface area (Å²) in [7, 11) is 0. The number of para-hydroxylation sites is 2. The van der Waals surface area contributed by atoms with Crippen LogP contribution in [0.4, 0.5) is 5.82 Å². The van der Waals surface area contributed by atoms with Crippen LogP contribution in [0.15, 0.2) is 36.7 Å². The van der Waals surface area contributed by atoms with Crippen molar-refractivity contribution < 1.29 is 6.22 Å². The van der Waals surface area contributed by atoms with Gasteiger partial charge >= 0.3 is 0 Å². The first-order chi connectivity index (χ1) is 13.8. The van der Waals surface area contributed by atoms with Gasteiger partial charge in [-0.1, -0.05) is 25.0 Å². The minimum atomic E-state index is -0.0485. The summed E-state index contributed by atoms with van der Waals surface area (Å²) in [5.74, 6) is 1.60. The van der Waals surface area contributed by atoms with Crippen molar-refractivity contribution in [3.05, 3.63) is 48.2 Å². The van der Waals surface area contributed by atoms with Gasteiger partial charge in [0.05, 0.1) is 16.7 Å². The average Bonchev–Trinajstić information content (AvgIpc) is 2.94. The highest BCUT2D eigenvalue weighted by Gasteiger charge is 2.36. The van der Waals surface area contributed by atoms with Crippen LogP contribution in [0, 0.1) is 0 Å². The number of carbonyl (C=O) groups is 1. The van der Waals surface area contributed by atoms with Crippen molar-refractivity contribution in [1.29, 1.82) is 0 Å². The van der Waals surface area contributed by atoms with Gasteiger partial charge in [-0.05, 0) is 25.0 Å². The van der Waals surface area contributed by atoms with Crippen molar-refractivity contribution in [2.24, 2.45) is 0 Å². The lowest BCUT2D eigenvalue weighted by atomic mass is 9.95. The number of nitrogens with zero attached hydrogens (tertiary/aromatic N) is 5. The summed E-state index contributed by atoms with van der Waals surface area (Å²) >= 11 is 0. The normalized spacial score (nSPS) is 18.1. The fourth-order valence-corrected chi connectivity index (χ4v) is 4.18. The van der Waals surface area contributed by atoms with Crippen LogP contribution in [0.3, 0.4) is 0 Å². The lowest BCUT2D eigenvalue weighted by Gasteiger charge is -2.39. The second kappa shape index (κ2) is 7.22. The highest BCUT2D eigenvalue weighted by Crippen LogP contribution is 2.32. The molecule has 2 aliphatic rings. The van der Waals surface area contributed by atoms with Gasteiger partial charge in [0, 0.05) is 45.9 Å². The van der Waals surface area contributed by atoms with E-state index in [0.29, 0.717) is 18.9 Å². The largest absolute Gasteiger partial charge is 0.355 e. The third kappa shape index (κ3) is 3.10. The molecule has 1 aromatic carbocycles. The Labute approximate surface area is 165 Å². The Bertz CT molecular complexity index is 959. The van der Waals surface area contributed by atoms with E-state index in [4.69, 9.17) is 0 Å². The van der Waals surface area contributed by atoms with Crippen molar-refractivity contribution in [3.63, 3.8) is 0 Å². The van der Waals surface area contributed by atoms with Crippen LogP contribution in [0.25, 0.3) is 11.0 Å². The third-order valence-electron chi connectivity index (χ3n) is 5.76. The molecule has 2 fully saturated rings. The number of anilines is 1. The van der Waals surface area contributed by atoms with Crippen LogP contribution in [0.5, 0.6) is 0 Å². The van der Waals surface area contributed by atoms with Gasteiger partial charge in [0.15, 0.2) is 11.6 Å². The van der Waals surface area contributed by atoms with E-state index in [-0.39, 0.29) is 13.3 Å². The Morgan fingerprint density at radius 3 is 2.57 bits per heavy atom. The number of aromatic amines is 1. The number of H-pyrrole nitrogens is 1. The number of fused-ring (bicyclic) bond motifs is 1. The van der Waals surface area contributed by atoms with E-state index >= 15 is 0 Å². The highest BCUT2D eigenvalue weighted by atomic mass is 16.2. The van der Waals surface area contributed by atoms with Crippen LogP contribution >= 0.6 is 0 Å². The SMILES string of the molecule is O=C(c1nc2ccccc2[nH]1)N1CC(c2nccnc2N2CCCCCC2)C1.[HH]. The predicted octanol–water partition coefficient (Wildman–Crippen LogP) is 3.22. The van der Waals surface area contributed by atoms with E-state index in [1.54, 1.807) is 12.4 Å². The molecule has 1 N–H and O–H groups in total. The Morgan fingerprint density at radius 1 is 1.04 bits per heavy atom. The van der Waals surface area contributed by atoms with E-state index in [1.165, 1.54) is 25.7 Å². The molecule has 0 aliphatic carbocycles. The number of hydrogen-bond donors (Lipinski definition) is 1. The monoisotopic (exact) mass is 378 g/mol. The second-order valence-corrected chi connectivity index (χ2v) is 7.68. The van der Waals surface area contributed by atoms with Gasteiger partial charge in [0.25, 0.3) is 5.91 Å². The lowest BCUT2D eigenvalue weighted by molar-refractivity contribution is 0.0587. The fraction of sp³-hybridized carbons (Fsp3) is 0.429. The number of benzene rings is 1. The lowest BCUT2D eigenvalue weighted by Crippen LogP contribution is -2.49.